The third-order valence-electron chi connectivity index (χ3n) is 3.80. The highest BCUT2D eigenvalue weighted by Crippen LogP contribution is 2.18. The van der Waals surface area contributed by atoms with E-state index in [9.17, 15) is 0 Å². The van der Waals surface area contributed by atoms with Gasteiger partial charge in [0.15, 0.2) is 0 Å². The molecule has 1 fully saturated rings. The molecule has 2 rings (SSSR count). The molecule has 2 atom stereocenters. The third kappa shape index (κ3) is 4.01. The van der Waals surface area contributed by atoms with E-state index in [1.54, 1.807) is 6.33 Å². The minimum absolute atomic E-state index is 0.362. The molecule has 19 heavy (non-hydrogen) atoms. The van der Waals surface area contributed by atoms with Crippen molar-refractivity contribution in [1.29, 1.82) is 0 Å². The fourth-order valence-electron chi connectivity index (χ4n) is 2.69. The number of rotatable bonds is 6. The first-order valence-corrected chi connectivity index (χ1v) is 7.38. The largest absolute Gasteiger partial charge is 0.378 e. The molecule has 0 aliphatic carbocycles. The van der Waals surface area contributed by atoms with Crippen molar-refractivity contribution in [3.63, 3.8) is 0 Å². The predicted octanol–water partition coefficient (Wildman–Crippen LogP) is 1.95. The highest BCUT2D eigenvalue weighted by Gasteiger charge is 2.20. The normalized spacial score (nSPS) is 21.8. The molecule has 5 nitrogen and oxygen atoms in total. The molecule has 1 aromatic heterocycles. The van der Waals surface area contributed by atoms with Gasteiger partial charge in [0.2, 0.25) is 0 Å². The summed E-state index contributed by atoms with van der Waals surface area (Å²) in [5, 5.41) is 7.69. The van der Waals surface area contributed by atoms with Crippen molar-refractivity contribution in [3.05, 3.63) is 12.2 Å². The maximum absolute atomic E-state index is 5.82. The summed E-state index contributed by atoms with van der Waals surface area (Å²) < 4.78 is 7.83. The van der Waals surface area contributed by atoms with E-state index in [1.807, 2.05) is 11.7 Å². The highest BCUT2D eigenvalue weighted by molar-refractivity contribution is 4.92. The van der Waals surface area contributed by atoms with Gasteiger partial charge in [0.25, 0.3) is 0 Å². The van der Waals surface area contributed by atoms with Crippen LogP contribution in [0.5, 0.6) is 0 Å². The minimum Gasteiger partial charge on any atom is -0.378 e. The molecule has 0 bridgehead atoms. The molecule has 108 valence electrons. The smallest absolute Gasteiger partial charge is 0.138 e. The van der Waals surface area contributed by atoms with Crippen LogP contribution in [-0.2, 0) is 11.2 Å². The number of hydrogen-bond acceptors (Lipinski definition) is 4. The third-order valence-corrected chi connectivity index (χ3v) is 3.80. The zero-order valence-corrected chi connectivity index (χ0v) is 12.3. The molecule has 1 saturated heterocycles. The Hall–Kier alpha value is -0.940. The van der Waals surface area contributed by atoms with Crippen LogP contribution in [0.1, 0.15) is 51.4 Å². The summed E-state index contributed by atoms with van der Waals surface area (Å²) in [5.41, 5.74) is 0. The lowest BCUT2D eigenvalue weighted by Crippen LogP contribution is -2.35. The number of likely N-dealkylation sites (N-methyl/N-ethyl adjacent to an activating group) is 1. The van der Waals surface area contributed by atoms with Gasteiger partial charge in [0.05, 0.1) is 6.10 Å². The number of nitrogens with zero attached hydrogens (tertiary/aromatic N) is 3. The van der Waals surface area contributed by atoms with E-state index in [-0.39, 0.29) is 0 Å². The summed E-state index contributed by atoms with van der Waals surface area (Å²) in [6.45, 7) is 5.19. The van der Waals surface area contributed by atoms with Gasteiger partial charge in [-0.25, -0.2) is 9.67 Å². The Morgan fingerprint density at radius 2 is 2.32 bits per heavy atom. The van der Waals surface area contributed by atoms with Crippen LogP contribution in [0.25, 0.3) is 0 Å². The molecular formula is C14H26N4O. The topological polar surface area (TPSA) is 52.0 Å². The fraction of sp³-hybridized carbons (Fsp3) is 0.857. The van der Waals surface area contributed by atoms with Gasteiger partial charge in [-0.1, -0.05) is 0 Å². The number of ether oxygens (including phenoxy) is 1. The lowest BCUT2D eigenvalue weighted by Gasteiger charge is -2.26. The number of hydrogen-bond donors (Lipinski definition) is 1. The molecule has 0 spiro atoms. The molecule has 1 aliphatic rings. The van der Waals surface area contributed by atoms with E-state index in [2.05, 4.69) is 29.2 Å². The van der Waals surface area contributed by atoms with Gasteiger partial charge < -0.3 is 10.1 Å². The summed E-state index contributed by atoms with van der Waals surface area (Å²) in [4.78, 5) is 4.39. The summed E-state index contributed by atoms with van der Waals surface area (Å²) in [5.74, 6) is 1.06. The summed E-state index contributed by atoms with van der Waals surface area (Å²) in [7, 11) is 2.02. The second-order valence-corrected chi connectivity index (χ2v) is 5.63. The Bertz CT molecular complexity index is 371. The van der Waals surface area contributed by atoms with Crippen LogP contribution in [0.3, 0.4) is 0 Å². The maximum atomic E-state index is 5.82. The molecule has 1 aliphatic heterocycles. The van der Waals surface area contributed by atoms with Gasteiger partial charge in [-0.3, -0.25) is 0 Å². The Balaban J connectivity index is 1.92. The molecule has 5 heteroatoms. The van der Waals surface area contributed by atoms with Crippen LogP contribution in [0.15, 0.2) is 6.33 Å². The first-order valence-electron chi connectivity index (χ1n) is 7.38. The predicted molar refractivity (Wildman–Crippen MR) is 75.2 cm³/mol. The minimum atomic E-state index is 0.362. The lowest BCUT2D eigenvalue weighted by molar-refractivity contribution is 0.00552. The van der Waals surface area contributed by atoms with E-state index in [0.29, 0.717) is 18.2 Å². The first kappa shape index (κ1) is 14.5. The van der Waals surface area contributed by atoms with E-state index < -0.39 is 0 Å². The van der Waals surface area contributed by atoms with Gasteiger partial charge in [0, 0.05) is 25.1 Å². The molecule has 0 radical (unpaired) electrons. The van der Waals surface area contributed by atoms with Gasteiger partial charge in [-0.05, 0) is 46.6 Å². The van der Waals surface area contributed by atoms with Crippen LogP contribution >= 0.6 is 0 Å². The second-order valence-electron chi connectivity index (χ2n) is 5.63. The second kappa shape index (κ2) is 7.01. The van der Waals surface area contributed by atoms with Crippen LogP contribution in [0.4, 0.5) is 0 Å². The van der Waals surface area contributed by atoms with Crippen molar-refractivity contribution in [2.45, 2.75) is 64.1 Å². The molecule has 2 unspecified atom stereocenters. The van der Waals surface area contributed by atoms with Crippen molar-refractivity contribution >= 4 is 0 Å². The van der Waals surface area contributed by atoms with E-state index in [1.165, 1.54) is 19.3 Å². The molecule has 0 amide bonds. The van der Waals surface area contributed by atoms with E-state index in [4.69, 9.17) is 4.74 Å². The van der Waals surface area contributed by atoms with E-state index >= 15 is 0 Å². The standard InChI is InChI=1S/C14H26N4O/c1-11(2)18-14(16-10-17-18)9-12(15-3)8-13-6-4-5-7-19-13/h10-13,15H,4-9H2,1-3H3. The molecule has 2 heterocycles. The highest BCUT2D eigenvalue weighted by atomic mass is 16.5. The van der Waals surface area contributed by atoms with Crippen LogP contribution in [-0.4, -0.2) is 40.6 Å². The molecule has 0 saturated carbocycles. The van der Waals surface area contributed by atoms with Crippen molar-refractivity contribution in [3.8, 4) is 0 Å². The Labute approximate surface area is 115 Å². The van der Waals surface area contributed by atoms with Gasteiger partial charge in [0.1, 0.15) is 12.2 Å². The average Bonchev–Trinajstić information content (AvgIpc) is 2.87. The quantitative estimate of drug-likeness (QED) is 0.855. The van der Waals surface area contributed by atoms with Crippen LogP contribution < -0.4 is 5.32 Å². The van der Waals surface area contributed by atoms with Crippen LogP contribution in [0, 0.1) is 0 Å². The Morgan fingerprint density at radius 3 is 2.95 bits per heavy atom. The fourth-order valence-corrected chi connectivity index (χ4v) is 2.69. The summed E-state index contributed by atoms with van der Waals surface area (Å²) >= 11 is 0. The number of aromatic nitrogens is 3. The van der Waals surface area contributed by atoms with Gasteiger partial charge in [-0.2, -0.15) is 5.10 Å². The molecule has 1 aromatic rings. The zero-order valence-electron chi connectivity index (χ0n) is 12.3. The van der Waals surface area contributed by atoms with Crippen molar-refractivity contribution in [1.82, 2.24) is 20.1 Å². The van der Waals surface area contributed by atoms with Crippen LogP contribution in [0.2, 0.25) is 0 Å². The van der Waals surface area contributed by atoms with Gasteiger partial charge in [-0.15, -0.1) is 0 Å². The SMILES string of the molecule is CNC(Cc1ncnn1C(C)C)CC1CCCCO1. The monoisotopic (exact) mass is 266 g/mol. The van der Waals surface area contributed by atoms with E-state index in [0.717, 1.165) is 25.3 Å². The average molecular weight is 266 g/mol. The number of nitrogens with one attached hydrogen (secondary N) is 1. The molecular weight excluding hydrogens is 240 g/mol. The van der Waals surface area contributed by atoms with Crippen molar-refractivity contribution in [2.75, 3.05) is 13.7 Å². The van der Waals surface area contributed by atoms with Gasteiger partial charge >= 0.3 is 0 Å². The lowest BCUT2D eigenvalue weighted by atomic mass is 9.99. The molecule has 0 aromatic carbocycles. The Kier molecular flexibility index (Phi) is 5.34. The molecule has 1 N–H and O–H groups in total. The first-order chi connectivity index (χ1) is 9.20. The Morgan fingerprint density at radius 1 is 1.47 bits per heavy atom. The summed E-state index contributed by atoms with van der Waals surface area (Å²) in [6.07, 6.45) is 7.72. The zero-order chi connectivity index (χ0) is 13.7. The van der Waals surface area contributed by atoms with Crippen molar-refractivity contribution < 1.29 is 4.74 Å². The summed E-state index contributed by atoms with van der Waals surface area (Å²) in [6, 6.07) is 0.769. The van der Waals surface area contributed by atoms with Crippen molar-refractivity contribution in [2.24, 2.45) is 0 Å². The maximum Gasteiger partial charge on any atom is 0.138 e.